The second-order valence-electron chi connectivity index (χ2n) is 3.09. The molecule has 0 bridgehead atoms. The molecule has 0 radical (unpaired) electrons. The minimum absolute atomic E-state index is 0.00931. The summed E-state index contributed by atoms with van der Waals surface area (Å²) in [5, 5.41) is 2.73. The number of amides is 1. The maximum Gasteiger partial charge on any atom is 0.216 e. The van der Waals surface area contributed by atoms with Crippen LogP contribution in [0.15, 0.2) is 29.0 Å². The molecule has 0 fully saturated rings. The third-order valence-electron chi connectivity index (χ3n) is 1.75. The fourth-order valence-corrected chi connectivity index (χ4v) is 1.45. The van der Waals surface area contributed by atoms with Crippen LogP contribution in [0.5, 0.6) is 0 Å². The number of halogens is 1. The molecule has 1 aromatic heterocycles. The Labute approximate surface area is 97.7 Å². The van der Waals surface area contributed by atoms with E-state index in [0.717, 1.165) is 16.6 Å². The highest BCUT2D eigenvalue weighted by atomic mass is 79.9. The monoisotopic (exact) mass is 268 g/mol. The van der Waals surface area contributed by atoms with Gasteiger partial charge in [0, 0.05) is 19.7 Å². The van der Waals surface area contributed by atoms with Crippen molar-refractivity contribution >= 4 is 27.9 Å². The van der Waals surface area contributed by atoms with Crippen LogP contribution >= 0.6 is 15.9 Å². The van der Waals surface area contributed by atoms with Crippen LogP contribution in [-0.4, -0.2) is 17.4 Å². The molecular formula is C11H13BrN2O. The molecule has 1 rings (SSSR count). The van der Waals surface area contributed by atoms with Crippen molar-refractivity contribution < 1.29 is 4.79 Å². The lowest BCUT2D eigenvalue weighted by atomic mass is 10.2. The zero-order valence-electron chi connectivity index (χ0n) is 8.53. The highest BCUT2D eigenvalue weighted by Crippen LogP contribution is 2.09. The molecule has 0 saturated heterocycles. The zero-order chi connectivity index (χ0) is 11.1. The van der Waals surface area contributed by atoms with Gasteiger partial charge in [0.1, 0.15) is 4.60 Å². The zero-order valence-corrected chi connectivity index (χ0v) is 10.1. The average Bonchev–Trinajstić information content (AvgIpc) is 2.17. The van der Waals surface area contributed by atoms with Gasteiger partial charge in [0.25, 0.3) is 0 Å². The standard InChI is InChI=1S/C11H13BrN2O/c1-9(15)13-6-3-2-4-10-5-7-14-11(12)8-10/h2,4-5,7-8H,3,6H2,1H3,(H,13,15). The van der Waals surface area contributed by atoms with Crippen molar-refractivity contribution in [3.8, 4) is 0 Å². The molecular weight excluding hydrogens is 256 g/mol. The van der Waals surface area contributed by atoms with Crippen LogP contribution in [0.4, 0.5) is 0 Å². The largest absolute Gasteiger partial charge is 0.356 e. The van der Waals surface area contributed by atoms with E-state index >= 15 is 0 Å². The molecule has 4 heteroatoms. The molecule has 1 amide bonds. The van der Waals surface area contributed by atoms with Crippen LogP contribution in [0.1, 0.15) is 18.9 Å². The van der Waals surface area contributed by atoms with Crippen LogP contribution in [0.2, 0.25) is 0 Å². The third-order valence-corrected chi connectivity index (χ3v) is 2.18. The smallest absolute Gasteiger partial charge is 0.216 e. The number of rotatable bonds is 4. The Morgan fingerprint density at radius 1 is 1.67 bits per heavy atom. The molecule has 0 aliphatic heterocycles. The van der Waals surface area contributed by atoms with Gasteiger partial charge >= 0.3 is 0 Å². The fourth-order valence-electron chi connectivity index (χ4n) is 1.07. The number of nitrogens with zero attached hydrogens (tertiary/aromatic N) is 1. The molecule has 0 aliphatic carbocycles. The van der Waals surface area contributed by atoms with Crippen molar-refractivity contribution in [2.75, 3.05) is 6.54 Å². The number of carbonyl (C=O) groups is 1. The number of carbonyl (C=O) groups excluding carboxylic acids is 1. The van der Waals surface area contributed by atoms with Crippen LogP contribution in [-0.2, 0) is 4.79 Å². The van der Waals surface area contributed by atoms with Crippen molar-refractivity contribution in [2.24, 2.45) is 0 Å². The summed E-state index contributed by atoms with van der Waals surface area (Å²) >= 11 is 3.30. The number of hydrogen-bond acceptors (Lipinski definition) is 2. The Morgan fingerprint density at radius 2 is 2.47 bits per heavy atom. The summed E-state index contributed by atoms with van der Waals surface area (Å²) in [5.74, 6) is 0.00931. The maximum atomic E-state index is 10.6. The first kappa shape index (κ1) is 11.9. The van der Waals surface area contributed by atoms with Gasteiger partial charge in [-0.15, -0.1) is 0 Å². The summed E-state index contributed by atoms with van der Waals surface area (Å²) in [6.07, 6.45) is 6.61. The molecule has 0 spiro atoms. The number of hydrogen-bond donors (Lipinski definition) is 1. The van der Waals surface area contributed by atoms with Gasteiger partial charge in [-0.3, -0.25) is 4.79 Å². The highest BCUT2D eigenvalue weighted by Gasteiger charge is 1.90. The molecule has 0 saturated carbocycles. The molecule has 0 unspecified atom stereocenters. The topological polar surface area (TPSA) is 42.0 Å². The number of nitrogens with one attached hydrogen (secondary N) is 1. The van der Waals surface area contributed by atoms with Crippen molar-refractivity contribution in [1.82, 2.24) is 10.3 Å². The van der Waals surface area contributed by atoms with Gasteiger partial charge in [0.05, 0.1) is 0 Å². The van der Waals surface area contributed by atoms with Gasteiger partial charge < -0.3 is 5.32 Å². The van der Waals surface area contributed by atoms with E-state index in [1.807, 2.05) is 24.3 Å². The van der Waals surface area contributed by atoms with E-state index in [4.69, 9.17) is 0 Å². The van der Waals surface area contributed by atoms with Crippen LogP contribution in [0, 0.1) is 0 Å². The molecule has 1 N–H and O–H groups in total. The van der Waals surface area contributed by atoms with Crippen molar-refractivity contribution in [2.45, 2.75) is 13.3 Å². The van der Waals surface area contributed by atoms with Gasteiger partial charge in [-0.1, -0.05) is 12.2 Å². The predicted octanol–water partition coefficient (Wildman–Crippen LogP) is 2.38. The van der Waals surface area contributed by atoms with Crippen LogP contribution in [0.3, 0.4) is 0 Å². The summed E-state index contributed by atoms with van der Waals surface area (Å²) in [4.78, 5) is 14.6. The first-order chi connectivity index (χ1) is 7.18. The fraction of sp³-hybridized carbons (Fsp3) is 0.273. The number of aromatic nitrogens is 1. The van der Waals surface area contributed by atoms with Crippen LogP contribution < -0.4 is 5.32 Å². The van der Waals surface area contributed by atoms with Crippen molar-refractivity contribution in [3.63, 3.8) is 0 Å². The van der Waals surface area contributed by atoms with E-state index in [-0.39, 0.29) is 5.91 Å². The Balaban J connectivity index is 2.35. The van der Waals surface area contributed by atoms with E-state index in [9.17, 15) is 4.79 Å². The second kappa shape index (κ2) is 6.35. The first-order valence-corrected chi connectivity index (χ1v) is 5.50. The summed E-state index contributed by atoms with van der Waals surface area (Å²) in [6, 6.07) is 3.87. The van der Waals surface area contributed by atoms with E-state index in [1.54, 1.807) is 6.20 Å². The normalized spacial score (nSPS) is 10.5. The lowest BCUT2D eigenvalue weighted by Gasteiger charge is -1.97. The van der Waals surface area contributed by atoms with E-state index in [1.165, 1.54) is 6.92 Å². The Bertz CT molecular complexity index is 363. The molecule has 0 aromatic carbocycles. The molecule has 1 aromatic rings. The maximum absolute atomic E-state index is 10.6. The lowest BCUT2D eigenvalue weighted by Crippen LogP contribution is -2.20. The van der Waals surface area contributed by atoms with Gasteiger partial charge in [0.2, 0.25) is 5.91 Å². The van der Waals surface area contributed by atoms with Gasteiger partial charge in [-0.25, -0.2) is 4.98 Å². The SMILES string of the molecule is CC(=O)NCCC=Cc1ccnc(Br)c1. The molecule has 0 aliphatic rings. The van der Waals surface area contributed by atoms with Crippen LogP contribution in [0.25, 0.3) is 6.08 Å². The van der Waals surface area contributed by atoms with Crippen molar-refractivity contribution in [1.29, 1.82) is 0 Å². The Kier molecular flexibility index (Phi) is 5.04. The minimum atomic E-state index is 0.00931. The summed E-state index contributed by atoms with van der Waals surface area (Å²) in [5.41, 5.74) is 1.10. The lowest BCUT2D eigenvalue weighted by molar-refractivity contribution is -0.118. The first-order valence-electron chi connectivity index (χ1n) is 4.71. The van der Waals surface area contributed by atoms with Gasteiger partial charge in [0.15, 0.2) is 0 Å². The van der Waals surface area contributed by atoms with E-state index < -0.39 is 0 Å². The summed E-state index contributed by atoms with van der Waals surface area (Å²) in [6.45, 7) is 2.20. The Morgan fingerprint density at radius 3 is 3.13 bits per heavy atom. The Hall–Kier alpha value is -1.16. The van der Waals surface area contributed by atoms with E-state index in [0.29, 0.717) is 6.54 Å². The average molecular weight is 269 g/mol. The van der Waals surface area contributed by atoms with E-state index in [2.05, 4.69) is 26.2 Å². The molecule has 1 heterocycles. The predicted molar refractivity (Wildman–Crippen MR) is 64.3 cm³/mol. The van der Waals surface area contributed by atoms with Crippen molar-refractivity contribution in [3.05, 3.63) is 34.6 Å². The highest BCUT2D eigenvalue weighted by molar-refractivity contribution is 9.10. The quantitative estimate of drug-likeness (QED) is 0.673. The minimum Gasteiger partial charge on any atom is -0.356 e. The molecule has 0 atom stereocenters. The summed E-state index contributed by atoms with van der Waals surface area (Å²) < 4.78 is 0.825. The van der Waals surface area contributed by atoms with Gasteiger partial charge in [-0.05, 0) is 40.0 Å². The molecule has 80 valence electrons. The number of pyridine rings is 1. The molecule has 15 heavy (non-hydrogen) atoms. The second-order valence-corrected chi connectivity index (χ2v) is 3.90. The third kappa shape index (κ3) is 5.32. The van der Waals surface area contributed by atoms with Gasteiger partial charge in [-0.2, -0.15) is 0 Å². The molecule has 3 nitrogen and oxygen atoms in total. The summed E-state index contributed by atoms with van der Waals surface area (Å²) in [7, 11) is 0.